The maximum Gasteiger partial charge on any atom is 0.0394 e. The fourth-order valence-electron chi connectivity index (χ4n) is 0.799. The zero-order valence-corrected chi connectivity index (χ0v) is 6.16. The maximum absolute atomic E-state index is 4.23. The van der Waals surface area contributed by atoms with E-state index in [1.807, 2.05) is 0 Å². The molecule has 0 amide bonds. The van der Waals surface area contributed by atoms with Crippen molar-refractivity contribution in [3.8, 4) is 0 Å². The highest BCUT2D eigenvalue weighted by atomic mass is 35.5. The van der Waals surface area contributed by atoms with E-state index in [2.05, 4.69) is 18.8 Å². The smallest absolute Gasteiger partial charge is 0.0394 e. The fraction of sp³-hybridized carbons (Fsp3) is 0.833. The summed E-state index contributed by atoms with van der Waals surface area (Å²) in [7, 11) is 0. The number of rotatable bonds is 0. The molecule has 1 aliphatic rings. The van der Waals surface area contributed by atoms with Crippen LogP contribution >= 0.6 is 12.4 Å². The zero-order valence-electron chi connectivity index (χ0n) is 5.35. The minimum Gasteiger partial charge on any atom is -0.294 e. The largest absolute Gasteiger partial charge is 0.294 e. The quantitative estimate of drug-likeness (QED) is 0.479. The van der Waals surface area contributed by atoms with Gasteiger partial charge in [0.25, 0.3) is 0 Å². The Kier molecular flexibility index (Phi) is 3.06. The maximum atomic E-state index is 4.23. The second-order valence-corrected chi connectivity index (χ2v) is 2.21. The van der Waals surface area contributed by atoms with Crippen molar-refractivity contribution in [1.29, 1.82) is 0 Å². The van der Waals surface area contributed by atoms with Crippen molar-refractivity contribution in [3.63, 3.8) is 0 Å². The highest BCUT2D eigenvalue weighted by Gasteiger charge is 2.09. The predicted octanol–water partition coefficient (Wildman–Crippen LogP) is 1.91. The Hall–Kier alpha value is -0.0400. The molecule has 48 valence electrons. The SMILES string of the molecule is CC1=NCCC1C.Cl. The number of aliphatic imine (C=N–C) groups is 1. The molecule has 0 fully saturated rings. The summed E-state index contributed by atoms with van der Waals surface area (Å²) in [6, 6.07) is 0. The van der Waals surface area contributed by atoms with Crippen LogP contribution in [0.5, 0.6) is 0 Å². The highest BCUT2D eigenvalue weighted by molar-refractivity contribution is 5.85. The van der Waals surface area contributed by atoms with Crippen molar-refractivity contribution in [2.45, 2.75) is 20.3 Å². The van der Waals surface area contributed by atoms with Gasteiger partial charge in [0, 0.05) is 12.3 Å². The summed E-state index contributed by atoms with van der Waals surface area (Å²) in [5.41, 5.74) is 1.33. The Morgan fingerprint density at radius 3 is 2.38 bits per heavy atom. The van der Waals surface area contributed by atoms with Gasteiger partial charge in [-0.05, 0) is 19.3 Å². The molecule has 1 rings (SSSR count). The van der Waals surface area contributed by atoms with Gasteiger partial charge in [-0.25, -0.2) is 0 Å². The van der Waals surface area contributed by atoms with Gasteiger partial charge in [-0.2, -0.15) is 0 Å². The lowest BCUT2D eigenvalue weighted by atomic mass is 10.1. The van der Waals surface area contributed by atoms with Gasteiger partial charge < -0.3 is 0 Å². The van der Waals surface area contributed by atoms with E-state index < -0.39 is 0 Å². The second-order valence-electron chi connectivity index (χ2n) is 2.21. The Balaban J connectivity index is 0.000000490. The van der Waals surface area contributed by atoms with E-state index in [-0.39, 0.29) is 12.4 Å². The molecule has 1 heterocycles. The number of halogens is 1. The third-order valence-corrected chi connectivity index (χ3v) is 1.64. The molecule has 0 saturated heterocycles. The molecule has 0 aliphatic carbocycles. The van der Waals surface area contributed by atoms with Crippen LogP contribution in [-0.2, 0) is 0 Å². The molecule has 0 bridgehead atoms. The molecule has 2 heteroatoms. The first kappa shape index (κ1) is 7.96. The molecular weight excluding hydrogens is 122 g/mol. The van der Waals surface area contributed by atoms with Crippen LogP contribution in [-0.4, -0.2) is 12.3 Å². The van der Waals surface area contributed by atoms with Crippen molar-refractivity contribution in [2.75, 3.05) is 6.54 Å². The van der Waals surface area contributed by atoms with Crippen LogP contribution in [0, 0.1) is 5.92 Å². The van der Waals surface area contributed by atoms with Gasteiger partial charge in [0.1, 0.15) is 0 Å². The number of hydrogen-bond donors (Lipinski definition) is 0. The van der Waals surface area contributed by atoms with Gasteiger partial charge in [0.15, 0.2) is 0 Å². The normalized spacial score (nSPS) is 26.8. The Morgan fingerprint density at radius 1 is 1.62 bits per heavy atom. The molecule has 1 nitrogen and oxygen atoms in total. The van der Waals surface area contributed by atoms with Crippen LogP contribution in [0.1, 0.15) is 20.3 Å². The van der Waals surface area contributed by atoms with Gasteiger partial charge in [-0.15, -0.1) is 12.4 Å². The molecule has 1 unspecified atom stereocenters. The van der Waals surface area contributed by atoms with E-state index in [1.165, 1.54) is 12.1 Å². The molecule has 0 N–H and O–H groups in total. The lowest BCUT2D eigenvalue weighted by Crippen LogP contribution is -1.98. The molecule has 8 heavy (non-hydrogen) atoms. The molecule has 0 aromatic heterocycles. The summed E-state index contributed by atoms with van der Waals surface area (Å²) in [5, 5.41) is 0. The molecule has 1 aliphatic heterocycles. The monoisotopic (exact) mass is 133 g/mol. The molecule has 0 saturated carbocycles. The van der Waals surface area contributed by atoms with Gasteiger partial charge in [0.05, 0.1) is 0 Å². The van der Waals surface area contributed by atoms with Gasteiger partial charge in [-0.3, -0.25) is 4.99 Å². The average molecular weight is 134 g/mol. The Bertz CT molecular complexity index is 98.7. The highest BCUT2D eigenvalue weighted by Crippen LogP contribution is 2.11. The lowest BCUT2D eigenvalue weighted by Gasteiger charge is -1.95. The molecule has 0 aromatic rings. The van der Waals surface area contributed by atoms with Crippen LogP contribution in [0.15, 0.2) is 4.99 Å². The minimum absolute atomic E-state index is 0. The zero-order chi connectivity index (χ0) is 5.28. The first-order chi connectivity index (χ1) is 3.30. The first-order valence-corrected chi connectivity index (χ1v) is 2.81. The van der Waals surface area contributed by atoms with Crippen LogP contribution in [0.25, 0.3) is 0 Å². The first-order valence-electron chi connectivity index (χ1n) is 2.81. The van der Waals surface area contributed by atoms with Gasteiger partial charge in [-0.1, -0.05) is 6.92 Å². The van der Waals surface area contributed by atoms with Crippen molar-refractivity contribution in [2.24, 2.45) is 10.9 Å². The van der Waals surface area contributed by atoms with E-state index in [9.17, 15) is 0 Å². The third-order valence-electron chi connectivity index (χ3n) is 1.64. The van der Waals surface area contributed by atoms with Crippen LogP contribution in [0.3, 0.4) is 0 Å². The summed E-state index contributed by atoms with van der Waals surface area (Å²) < 4.78 is 0. The summed E-state index contributed by atoms with van der Waals surface area (Å²) in [6.45, 7) is 5.40. The molecule has 0 spiro atoms. The van der Waals surface area contributed by atoms with Crippen molar-refractivity contribution in [3.05, 3.63) is 0 Å². The Labute approximate surface area is 56.6 Å². The summed E-state index contributed by atoms with van der Waals surface area (Å²) in [4.78, 5) is 4.23. The van der Waals surface area contributed by atoms with Crippen molar-refractivity contribution >= 4 is 18.1 Å². The predicted molar refractivity (Wildman–Crippen MR) is 39.0 cm³/mol. The third kappa shape index (κ3) is 1.48. The standard InChI is InChI=1S/C6H11N.ClH/c1-5-3-4-7-6(5)2;/h5H,3-4H2,1-2H3;1H. The molecule has 1 atom stereocenters. The van der Waals surface area contributed by atoms with Gasteiger partial charge >= 0.3 is 0 Å². The fourth-order valence-corrected chi connectivity index (χ4v) is 0.799. The van der Waals surface area contributed by atoms with Crippen LogP contribution in [0.4, 0.5) is 0 Å². The Morgan fingerprint density at radius 2 is 2.25 bits per heavy atom. The van der Waals surface area contributed by atoms with E-state index in [0.29, 0.717) is 0 Å². The number of hydrogen-bond acceptors (Lipinski definition) is 1. The second kappa shape index (κ2) is 3.08. The van der Waals surface area contributed by atoms with E-state index in [4.69, 9.17) is 0 Å². The summed E-state index contributed by atoms with van der Waals surface area (Å²) >= 11 is 0. The molecule has 0 aromatic carbocycles. The van der Waals surface area contributed by atoms with Crippen molar-refractivity contribution < 1.29 is 0 Å². The molecular formula is C6H12ClN. The topological polar surface area (TPSA) is 12.4 Å². The van der Waals surface area contributed by atoms with E-state index in [1.54, 1.807) is 0 Å². The number of nitrogens with zero attached hydrogens (tertiary/aromatic N) is 1. The van der Waals surface area contributed by atoms with Gasteiger partial charge in [0.2, 0.25) is 0 Å². The lowest BCUT2D eigenvalue weighted by molar-refractivity contribution is 0.748. The summed E-state index contributed by atoms with van der Waals surface area (Å²) in [6.07, 6.45) is 1.27. The average Bonchev–Trinajstić information content (AvgIpc) is 1.91. The van der Waals surface area contributed by atoms with E-state index in [0.717, 1.165) is 12.5 Å². The van der Waals surface area contributed by atoms with Crippen LogP contribution < -0.4 is 0 Å². The van der Waals surface area contributed by atoms with E-state index >= 15 is 0 Å². The minimum atomic E-state index is 0. The summed E-state index contributed by atoms with van der Waals surface area (Å²) in [5.74, 6) is 0.764. The van der Waals surface area contributed by atoms with Crippen molar-refractivity contribution in [1.82, 2.24) is 0 Å². The van der Waals surface area contributed by atoms with Crippen LogP contribution in [0.2, 0.25) is 0 Å². The molecule has 0 radical (unpaired) electrons.